The van der Waals surface area contributed by atoms with E-state index >= 15 is 0 Å². The van der Waals surface area contributed by atoms with Gasteiger partial charge in [0, 0.05) is 24.9 Å². The van der Waals surface area contributed by atoms with Gasteiger partial charge in [-0.2, -0.15) is 0 Å². The summed E-state index contributed by atoms with van der Waals surface area (Å²) in [5.41, 5.74) is 6.13. The monoisotopic (exact) mass is 263 g/mol. The van der Waals surface area contributed by atoms with Crippen molar-refractivity contribution in [3.63, 3.8) is 0 Å². The Morgan fingerprint density at radius 3 is 3.00 bits per heavy atom. The smallest absolute Gasteiger partial charge is 0.119 e. The van der Waals surface area contributed by atoms with Crippen LogP contribution in [0.1, 0.15) is 6.42 Å². The average molecular weight is 263 g/mol. The number of nitrogens with zero attached hydrogens (tertiary/aromatic N) is 2. The molecule has 0 fully saturated rings. The van der Waals surface area contributed by atoms with Crippen molar-refractivity contribution in [3.8, 4) is 0 Å². The fourth-order valence-corrected chi connectivity index (χ4v) is 1.21. The molecule has 1 heterocycles. The second-order valence-corrected chi connectivity index (χ2v) is 3.45. The number of imidazole rings is 1. The molecule has 1 aromatic rings. The molecule has 0 amide bonds. The molecule has 0 saturated carbocycles. The Hall–Kier alpha value is -0.520. The maximum absolute atomic E-state index is 5.42. The van der Waals surface area contributed by atoms with E-state index in [1.807, 2.05) is 10.8 Å². The van der Waals surface area contributed by atoms with Gasteiger partial charge in [0.05, 0.1) is 6.33 Å². The van der Waals surface area contributed by atoms with Crippen molar-refractivity contribution >= 4 is 22.6 Å². The first-order valence-electron chi connectivity index (χ1n) is 3.29. The highest BCUT2D eigenvalue weighted by Crippen LogP contribution is 2.01. The molecule has 0 atom stereocenters. The lowest BCUT2D eigenvalue weighted by Crippen LogP contribution is -2.01. The van der Waals surface area contributed by atoms with Gasteiger partial charge in [-0.15, -0.1) is 0 Å². The molecule has 60 valence electrons. The van der Waals surface area contributed by atoms with E-state index < -0.39 is 0 Å². The van der Waals surface area contributed by atoms with Crippen LogP contribution in [-0.2, 0) is 6.54 Å². The molecule has 0 spiro atoms. The van der Waals surface area contributed by atoms with Crippen LogP contribution in [0.15, 0.2) is 24.8 Å². The van der Waals surface area contributed by atoms with E-state index in [-0.39, 0.29) is 0 Å². The van der Waals surface area contributed by atoms with Gasteiger partial charge in [0.15, 0.2) is 0 Å². The zero-order valence-corrected chi connectivity index (χ0v) is 8.28. The summed E-state index contributed by atoms with van der Waals surface area (Å²) in [6.07, 6.45) is 4.58. The first-order chi connectivity index (χ1) is 5.18. The molecule has 0 unspecified atom stereocenters. The highest BCUT2D eigenvalue weighted by Gasteiger charge is 1.93. The topological polar surface area (TPSA) is 43.8 Å². The zero-order valence-electron chi connectivity index (χ0n) is 6.13. The Morgan fingerprint density at radius 1 is 1.82 bits per heavy atom. The van der Waals surface area contributed by atoms with Gasteiger partial charge in [-0.25, -0.2) is 4.98 Å². The summed E-state index contributed by atoms with van der Waals surface area (Å²) in [5.74, 6) is 0. The van der Waals surface area contributed by atoms with Crippen LogP contribution >= 0.6 is 22.6 Å². The lowest BCUT2D eigenvalue weighted by molar-refractivity contribution is 0.688. The zero-order chi connectivity index (χ0) is 8.27. The van der Waals surface area contributed by atoms with E-state index in [0.29, 0.717) is 5.70 Å². The first kappa shape index (κ1) is 8.58. The Kier molecular flexibility index (Phi) is 2.92. The minimum atomic E-state index is 0.716. The van der Waals surface area contributed by atoms with Crippen LogP contribution in [0.4, 0.5) is 0 Å². The highest BCUT2D eigenvalue weighted by molar-refractivity contribution is 14.1. The van der Waals surface area contributed by atoms with Crippen molar-refractivity contribution in [2.24, 2.45) is 5.73 Å². The molecular weight excluding hydrogens is 253 g/mol. The molecule has 0 saturated heterocycles. The van der Waals surface area contributed by atoms with Crippen LogP contribution in [0.25, 0.3) is 0 Å². The van der Waals surface area contributed by atoms with Gasteiger partial charge in [0.1, 0.15) is 3.70 Å². The minimum absolute atomic E-state index is 0.716. The van der Waals surface area contributed by atoms with Crippen LogP contribution in [0, 0.1) is 3.70 Å². The SMILES string of the molecule is C=C(N)CCn1cnc(I)c1. The third-order valence-corrected chi connectivity index (χ3v) is 1.85. The van der Waals surface area contributed by atoms with Crippen LogP contribution < -0.4 is 5.73 Å². The van der Waals surface area contributed by atoms with E-state index in [1.54, 1.807) is 6.33 Å². The van der Waals surface area contributed by atoms with Crippen LogP contribution in [0.3, 0.4) is 0 Å². The second-order valence-electron chi connectivity index (χ2n) is 2.34. The van der Waals surface area contributed by atoms with Gasteiger partial charge in [-0.05, 0) is 22.6 Å². The summed E-state index contributed by atoms with van der Waals surface area (Å²) in [6.45, 7) is 4.49. The van der Waals surface area contributed by atoms with Crippen LogP contribution in [0.2, 0.25) is 0 Å². The molecule has 2 N–H and O–H groups in total. The lowest BCUT2D eigenvalue weighted by atomic mass is 10.3. The van der Waals surface area contributed by atoms with Crippen molar-refractivity contribution in [3.05, 3.63) is 28.5 Å². The van der Waals surface area contributed by atoms with Crippen LogP contribution in [0.5, 0.6) is 0 Å². The van der Waals surface area contributed by atoms with Gasteiger partial charge < -0.3 is 10.3 Å². The number of hydrogen-bond acceptors (Lipinski definition) is 2. The molecule has 1 aromatic heterocycles. The predicted molar refractivity (Wildman–Crippen MR) is 52.9 cm³/mol. The van der Waals surface area contributed by atoms with Crippen molar-refractivity contribution in [1.82, 2.24) is 9.55 Å². The third kappa shape index (κ3) is 2.92. The van der Waals surface area contributed by atoms with Crippen molar-refractivity contribution in [2.75, 3.05) is 0 Å². The van der Waals surface area contributed by atoms with E-state index in [9.17, 15) is 0 Å². The molecule has 0 aliphatic rings. The van der Waals surface area contributed by atoms with Crippen LogP contribution in [-0.4, -0.2) is 9.55 Å². The fraction of sp³-hybridized carbons (Fsp3) is 0.286. The number of rotatable bonds is 3. The van der Waals surface area contributed by atoms with Gasteiger partial charge in [-0.3, -0.25) is 0 Å². The van der Waals surface area contributed by atoms with Crippen molar-refractivity contribution in [2.45, 2.75) is 13.0 Å². The Balaban J connectivity index is 2.45. The van der Waals surface area contributed by atoms with E-state index in [4.69, 9.17) is 5.73 Å². The Bertz CT molecular complexity index is 254. The Morgan fingerprint density at radius 2 is 2.55 bits per heavy atom. The molecule has 0 bridgehead atoms. The normalized spacial score (nSPS) is 9.91. The summed E-state index contributed by atoms with van der Waals surface area (Å²) < 4.78 is 3.00. The molecule has 3 nitrogen and oxygen atoms in total. The number of aryl methyl sites for hydroxylation is 1. The van der Waals surface area contributed by atoms with Crippen molar-refractivity contribution < 1.29 is 0 Å². The standard InChI is InChI=1S/C7H10IN3/c1-6(9)2-3-11-4-7(8)10-5-11/h4-5H,1-3,9H2. The quantitative estimate of drug-likeness (QED) is 0.836. The average Bonchev–Trinajstić information content (AvgIpc) is 2.31. The number of aromatic nitrogens is 2. The van der Waals surface area contributed by atoms with Gasteiger partial charge in [-0.1, -0.05) is 6.58 Å². The lowest BCUT2D eigenvalue weighted by Gasteiger charge is -1.99. The molecular formula is C7H10IN3. The van der Waals surface area contributed by atoms with Gasteiger partial charge >= 0.3 is 0 Å². The summed E-state index contributed by atoms with van der Waals surface area (Å²) >= 11 is 2.17. The summed E-state index contributed by atoms with van der Waals surface area (Å²) in [4.78, 5) is 4.07. The Labute approximate surface area is 79.4 Å². The number of nitrogens with two attached hydrogens (primary N) is 1. The molecule has 0 aliphatic heterocycles. The third-order valence-electron chi connectivity index (χ3n) is 1.29. The first-order valence-corrected chi connectivity index (χ1v) is 4.37. The highest BCUT2D eigenvalue weighted by atomic mass is 127. The number of halogens is 1. The molecule has 4 heteroatoms. The summed E-state index contributed by atoms with van der Waals surface area (Å²) in [7, 11) is 0. The number of allylic oxidation sites excluding steroid dienone is 1. The molecule has 11 heavy (non-hydrogen) atoms. The fourth-order valence-electron chi connectivity index (χ4n) is 0.728. The molecule has 0 aromatic carbocycles. The van der Waals surface area contributed by atoms with Gasteiger partial charge in [0.2, 0.25) is 0 Å². The maximum Gasteiger partial charge on any atom is 0.119 e. The van der Waals surface area contributed by atoms with Gasteiger partial charge in [0.25, 0.3) is 0 Å². The second kappa shape index (κ2) is 3.75. The van der Waals surface area contributed by atoms with E-state index in [2.05, 4.69) is 34.2 Å². The summed E-state index contributed by atoms with van der Waals surface area (Å²) in [6, 6.07) is 0. The van der Waals surface area contributed by atoms with E-state index in [0.717, 1.165) is 16.7 Å². The maximum atomic E-state index is 5.42. The molecule has 0 aliphatic carbocycles. The largest absolute Gasteiger partial charge is 0.402 e. The van der Waals surface area contributed by atoms with E-state index in [1.165, 1.54) is 0 Å². The minimum Gasteiger partial charge on any atom is -0.402 e. The predicted octanol–water partition coefficient (Wildman–Crippen LogP) is 1.35. The van der Waals surface area contributed by atoms with Crippen molar-refractivity contribution in [1.29, 1.82) is 0 Å². The molecule has 0 radical (unpaired) electrons. The number of hydrogen-bond donors (Lipinski definition) is 1. The summed E-state index contributed by atoms with van der Waals surface area (Å²) in [5, 5.41) is 0. The molecule has 1 rings (SSSR count).